The maximum Gasteiger partial charge on any atom is 0.0109 e. The second kappa shape index (κ2) is 9.27. The number of hydrogen-bond donors (Lipinski definition) is 0. The van der Waals surface area contributed by atoms with Crippen LogP contribution in [0.3, 0.4) is 0 Å². The fourth-order valence-electron chi connectivity index (χ4n) is 4.19. The van der Waals surface area contributed by atoms with Crippen molar-refractivity contribution in [3.63, 3.8) is 0 Å². The van der Waals surface area contributed by atoms with Gasteiger partial charge in [0.1, 0.15) is 0 Å². The molecule has 2 fully saturated rings. The molecule has 0 spiro atoms. The van der Waals surface area contributed by atoms with E-state index in [0.29, 0.717) is 0 Å². The Hall–Kier alpha value is -0.0800. The summed E-state index contributed by atoms with van der Waals surface area (Å²) in [6.45, 7) is 17.5. The van der Waals surface area contributed by atoms with Crippen LogP contribution in [0.4, 0.5) is 0 Å². The van der Waals surface area contributed by atoms with Crippen molar-refractivity contribution >= 4 is 0 Å². The van der Waals surface area contributed by atoms with Crippen molar-refractivity contribution in [2.45, 2.75) is 66.2 Å². The van der Waals surface area contributed by atoms with Gasteiger partial charge in [-0.25, -0.2) is 0 Å². The number of nitrogens with zero attached hydrogens (tertiary/aromatic N) is 2. The second-order valence-corrected chi connectivity index (χ2v) is 8.68. The fourth-order valence-corrected chi connectivity index (χ4v) is 4.19. The maximum atomic E-state index is 2.72. The number of piperidine rings is 2. The van der Waals surface area contributed by atoms with E-state index in [9.17, 15) is 0 Å². The molecule has 22 heavy (non-hydrogen) atoms. The average Bonchev–Trinajstić information content (AvgIpc) is 2.52. The van der Waals surface area contributed by atoms with Gasteiger partial charge in [-0.3, -0.25) is 0 Å². The molecule has 0 bridgehead atoms. The minimum atomic E-state index is 0.881. The third-order valence-electron chi connectivity index (χ3n) is 6.17. The molecule has 2 aliphatic rings. The highest BCUT2D eigenvalue weighted by molar-refractivity contribution is 4.77. The maximum absolute atomic E-state index is 2.72. The molecule has 2 rings (SSSR count). The Kier molecular flexibility index (Phi) is 7.70. The Bertz CT molecular complexity index is 284. The number of likely N-dealkylation sites (tertiary alicyclic amines) is 2. The number of rotatable bonds is 7. The van der Waals surface area contributed by atoms with E-state index in [2.05, 4.69) is 37.5 Å². The van der Waals surface area contributed by atoms with Gasteiger partial charge in [-0.2, -0.15) is 0 Å². The molecule has 0 aromatic carbocycles. The molecule has 0 aromatic rings. The highest BCUT2D eigenvalue weighted by Gasteiger charge is 2.23. The Morgan fingerprint density at radius 3 is 1.73 bits per heavy atom. The zero-order chi connectivity index (χ0) is 15.9. The van der Waals surface area contributed by atoms with E-state index >= 15 is 0 Å². The van der Waals surface area contributed by atoms with Crippen molar-refractivity contribution < 1.29 is 0 Å². The summed E-state index contributed by atoms with van der Waals surface area (Å²) in [6, 6.07) is 0. The third kappa shape index (κ3) is 6.20. The summed E-state index contributed by atoms with van der Waals surface area (Å²) in [6.07, 6.45) is 8.64. The lowest BCUT2D eigenvalue weighted by atomic mass is 9.87. The summed E-state index contributed by atoms with van der Waals surface area (Å²) in [5, 5.41) is 0. The molecule has 2 heterocycles. The smallest absolute Gasteiger partial charge is 0.0109 e. The highest BCUT2D eigenvalue weighted by Crippen LogP contribution is 2.25. The Morgan fingerprint density at radius 2 is 1.27 bits per heavy atom. The van der Waals surface area contributed by atoms with Crippen LogP contribution in [0.5, 0.6) is 0 Å². The van der Waals surface area contributed by atoms with Crippen molar-refractivity contribution in [1.29, 1.82) is 0 Å². The van der Waals surface area contributed by atoms with Gasteiger partial charge in [-0.15, -0.1) is 0 Å². The Labute approximate surface area is 139 Å². The highest BCUT2D eigenvalue weighted by atomic mass is 15.2. The lowest BCUT2D eigenvalue weighted by molar-refractivity contribution is 0.119. The molecule has 0 saturated carbocycles. The van der Waals surface area contributed by atoms with Crippen molar-refractivity contribution in [3.8, 4) is 0 Å². The van der Waals surface area contributed by atoms with Crippen LogP contribution in [0.25, 0.3) is 0 Å². The lowest BCUT2D eigenvalue weighted by Crippen LogP contribution is -2.42. The first-order valence-corrected chi connectivity index (χ1v) is 9.99. The van der Waals surface area contributed by atoms with E-state index in [0.717, 1.165) is 23.7 Å². The Morgan fingerprint density at radius 1 is 0.773 bits per heavy atom. The van der Waals surface area contributed by atoms with E-state index in [4.69, 9.17) is 0 Å². The third-order valence-corrected chi connectivity index (χ3v) is 6.17. The van der Waals surface area contributed by atoms with Crippen molar-refractivity contribution in [3.05, 3.63) is 0 Å². The van der Waals surface area contributed by atoms with Gasteiger partial charge < -0.3 is 9.80 Å². The summed E-state index contributed by atoms with van der Waals surface area (Å²) in [7, 11) is 0. The zero-order valence-electron chi connectivity index (χ0n) is 15.7. The topological polar surface area (TPSA) is 6.48 Å². The summed E-state index contributed by atoms with van der Waals surface area (Å²) in [5.74, 6) is 3.76. The van der Waals surface area contributed by atoms with Gasteiger partial charge >= 0.3 is 0 Å². The van der Waals surface area contributed by atoms with Crippen LogP contribution < -0.4 is 0 Å². The quantitative estimate of drug-likeness (QED) is 0.683. The van der Waals surface area contributed by atoms with E-state index in [1.807, 2.05) is 0 Å². The molecule has 0 unspecified atom stereocenters. The van der Waals surface area contributed by atoms with Gasteiger partial charge in [-0.1, -0.05) is 40.5 Å². The lowest BCUT2D eigenvalue weighted by Gasteiger charge is -2.37. The molecule has 0 amide bonds. The van der Waals surface area contributed by atoms with Gasteiger partial charge in [0.2, 0.25) is 0 Å². The van der Waals surface area contributed by atoms with Crippen LogP contribution in [0, 0.1) is 23.7 Å². The summed E-state index contributed by atoms with van der Waals surface area (Å²) in [4.78, 5) is 5.43. The molecule has 2 nitrogen and oxygen atoms in total. The first kappa shape index (κ1) is 18.3. The number of hydrogen-bond acceptors (Lipinski definition) is 2. The Balaban J connectivity index is 1.56. The van der Waals surface area contributed by atoms with Crippen LogP contribution in [-0.2, 0) is 0 Å². The predicted molar refractivity (Wildman–Crippen MR) is 97.2 cm³/mol. The fraction of sp³-hybridized carbons (Fsp3) is 1.00. The van der Waals surface area contributed by atoms with Gasteiger partial charge in [0.25, 0.3) is 0 Å². The van der Waals surface area contributed by atoms with E-state index in [1.54, 1.807) is 0 Å². The SMILES string of the molecule is CC(C)CCC1CCN(CCN2CCC(C(C)C)CC2)CC1. The van der Waals surface area contributed by atoms with Crippen molar-refractivity contribution in [2.75, 3.05) is 39.3 Å². The van der Waals surface area contributed by atoms with E-state index in [1.165, 1.54) is 77.8 Å². The molecule has 2 aliphatic heterocycles. The average molecular weight is 309 g/mol. The van der Waals surface area contributed by atoms with Crippen LogP contribution >= 0.6 is 0 Å². The molecule has 0 N–H and O–H groups in total. The van der Waals surface area contributed by atoms with E-state index in [-0.39, 0.29) is 0 Å². The summed E-state index contributed by atoms with van der Waals surface area (Å²) < 4.78 is 0. The summed E-state index contributed by atoms with van der Waals surface area (Å²) >= 11 is 0. The predicted octanol–water partition coefficient (Wildman–Crippen LogP) is 4.50. The van der Waals surface area contributed by atoms with Crippen molar-refractivity contribution in [2.24, 2.45) is 23.7 Å². The van der Waals surface area contributed by atoms with Crippen LogP contribution in [-0.4, -0.2) is 49.1 Å². The van der Waals surface area contributed by atoms with Crippen molar-refractivity contribution in [1.82, 2.24) is 9.80 Å². The minimum absolute atomic E-state index is 0.881. The molecule has 130 valence electrons. The monoisotopic (exact) mass is 308 g/mol. The molecule has 0 atom stereocenters. The molecule has 0 aliphatic carbocycles. The minimum Gasteiger partial charge on any atom is -0.302 e. The molecule has 2 heteroatoms. The largest absolute Gasteiger partial charge is 0.302 e. The first-order chi connectivity index (χ1) is 10.5. The molecular weight excluding hydrogens is 268 g/mol. The molecular formula is C20H40N2. The van der Waals surface area contributed by atoms with Gasteiger partial charge in [0, 0.05) is 13.1 Å². The second-order valence-electron chi connectivity index (χ2n) is 8.68. The molecule has 2 saturated heterocycles. The first-order valence-electron chi connectivity index (χ1n) is 9.99. The normalized spacial score (nSPS) is 23.7. The van der Waals surface area contributed by atoms with E-state index < -0.39 is 0 Å². The van der Waals surface area contributed by atoms with Gasteiger partial charge in [0.15, 0.2) is 0 Å². The van der Waals surface area contributed by atoms with Crippen LogP contribution in [0.15, 0.2) is 0 Å². The molecule has 0 radical (unpaired) electrons. The van der Waals surface area contributed by atoms with Gasteiger partial charge in [0.05, 0.1) is 0 Å². The standard InChI is InChI=1S/C20H40N2/c1-17(2)5-6-19-7-11-21(12-8-19)15-16-22-13-9-20(10-14-22)18(3)4/h17-20H,5-16H2,1-4H3. The van der Waals surface area contributed by atoms with Crippen LogP contribution in [0.1, 0.15) is 66.2 Å². The molecule has 0 aromatic heterocycles. The zero-order valence-corrected chi connectivity index (χ0v) is 15.7. The van der Waals surface area contributed by atoms with Crippen LogP contribution in [0.2, 0.25) is 0 Å². The summed E-state index contributed by atoms with van der Waals surface area (Å²) in [5.41, 5.74) is 0. The van der Waals surface area contributed by atoms with Gasteiger partial charge in [-0.05, 0) is 75.5 Å².